The lowest BCUT2D eigenvalue weighted by atomic mass is 10.4. The number of halogens is 1. The van der Waals surface area contributed by atoms with Crippen molar-refractivity contribution in [2.75, 3.05) is 18.8 Å². The molecule has 1 saturated heterocycles. The van der Waals surface area contributed by atoms with E-state index in [2.05, 4.69) is 0 Å². The fourth-order valence-electron chi connectivity index (χ4n) is 1.11. The van der Waals surface area contributed by atoms with Crippen molar-refractivity contribution >= 4 is 26.8 Å². The third-order valence-corrected chi connectivity index (χ3v) is 4.35. The molecule has 1 aliphatic rings. The maximum absolute atomic E-state index is 11.2. The summed E-state index contributed by atoms with van der Waals surface area (Å²) in [6, 6.07) is 0. The highest BCUT2D eigenvalue weighted by Gasteiger charge is 2.30. The van der Waals surface area contributed by atoms with Gasteiger partial charge in [-0.2, -0.15) is 0 Å². The average molecular weight is 212 g/mol. The number of carbonyl (C=O) groups excluding carboxylic acids is 1. The summed E-state index contributed by atoms with van der Waals surface area (Å²) in [5, 5.41) is -1.06. The second kappa shape index (κ2) is 3.22. The molecule has 0 spiro atoms. The molecule has 0 N–H and O–H groups in total. The largest absolute Gasteiger partial charge is 0.327 e. The van der Waals surface area contributed by atoms with Gasteiger partial charge in [0.05, 0.1) is 11.0 Å². The van der Waals surface area contributed by atoms with Gasteiger partial charge in [0.15, 0.2) is 9.84 Å². The van der Waals surface area contributed by atoms with Gasteiger partial charge in [0.2, 0.25) is 0 Å². The quantitative estimate of drug-likeness (QED) is 0.432. The number of carbonyl (C=O) groups is 1. The van der Waals surface area contributed by atoms with Gasteiger partial charge in [-0.3, -0.25) is 4.79 Å². The Morgan fingerprint density at radius 3 is 2.58 bits per heavy atom. The fraction of sp³-hybridized carbons (Fsp3) is 0.833. The zero-order valence-corrected chi connectivity index (χ0v) is 8.23. The number of hydrogen-bond acceptors (Lipinski definition) is 3. The Morgan fingerprint density at radius 2 is 2.17 bits per heavy atom. The van der Waals surface area contributed by atoms with E-state index in [0.717, 1.165) is 0 Å². The van der Waals surface area contributed by atoms with Crippen molar-refractivity contribution in [1.29, 1.82) is 0 Å². The van der Waals surface area contributed by atoms with Gasteiger partial charge in [-0.1, -0.05) is 0 Å². The molecule has 0 aliphatic carbocycles. The fourth-order valence-corrected chi connectivity index (χ4v) is 2.55. The van der Waals surface area contributed by atoms with Crippen LogP contribution in [0.3, 0.4) is 0 Å². The summed E-state index contributed by atoms with van der Waals surface area (Å²) in [7, 11) is -2.98. The minimum atomic E-state index is -2.98. The van der Waals surface area contributed by atoms with Crippen molar-refractivity contribution in [3.8, 4) is 0 Å². The highest BCUT2D eigenvalue weighted by molar-refractivity contribution is 7.92. The normalized spacial score (nSPS) is 28.5. The minimum absolute atomic E-state index is 0.0205. The lowest BCUT2D eigenvalue weighted by Crippen LogP contribution is -2.46. The Labute approximate surface area is 76.4 Å². The van der Waals surface area contributed by atoms with Crippen LogP contribution in [0.1, 0.15) is 6.92 Å². The van der Waals surface area contributed by atoms with E-state index in [1.165, 1.54) is 4.90 Å². The third-order valence-electron chi connectivity index (χ3n) is 1.98. The smallest absolute Gasteiger partial charge is 0.316 e. The first-order chi connectivity index (χ1) is 5.43. The Bertz CT molecular complexity index is 287. The van der Waals surface area contributed by atoms with Crippen LogP contribution in [-0.2, 0) is 9.84 Å². The first-order valence-electron chi connectivity index (χ1n) is 3.59. The van der Waals surface area contributed by atoms with Crippen LogP contribution in [0, 0.1) is 0 Å². The first-order valence-corrected chi connectivity index (χ1v) is 5.69. The van der Waals surface area contributed by atoms with Crippen LogP contribution in [-0.4, -0.2) is 42.8 Å². The lowest BCUT2D eigenvalue weighted by Gasteiger charge is -2.28. The molecular formula is C6H10ClNO3S. The molecule has 0 aromatic rings. The second-order valence-corrected chi connectivity index (χ2v) is 5.74. The summed E-state index contributed by atoms with van der Waals surface area (Å²) in [6.07, 6.45) is 0. The predicted octanol–water partition coefficient (Wildman–Crippen LogP) is 0.464. The zero-order valence-electron chi connectivity index (χ0n) is 6.66. The molecule has 6 heteroatoms. The molecule has 4 nitrogen and oxygen atoms in total. The maximum atomic E-state index is 11.2. The van der Waals surface area contributed by atoms with Crippen molar-refractivity contribution in [1.82, 2.24) is 4.90 Å². The molecule has 0 aromatic heterocycles. The van der Waals surface area contributed by atoms with E-state index in [9.17, 15) is 13.2 Å². The van der Waals surface area contributed by atoms with Crippen molar-refractivity contribution < 1.29 is 13.2 Å². The highest BCUT2D eigenvalue weighted by Crippen LogP contribution is 2.13. The van der Waals surface area contributed by atoms with Gasteiger partial charge in [-0.25, -0.2) is 8.42 Å². The van der Waals surface area contributed by atoms with Crippen LogP contribution < -0.4 is 0 Å². The number of sulfone groups is 1. The number of nitrogens with zero attached hydrogens (tertiary/aromatic N) is 1. The van der Waals surface area contributed by atoms with E-state index in [1.54, 1.807) is 6.92 Å². The van der Waals surface area contributed by atoms with E-state index < -0.39 is 20.5 Å². The molecule has 0 saturated carbocycles. The van der Waals surface area contributed by atoms with E-state index in [0.29, 0.717) is 0 Å². The van der Waals surface area contributed by atoms with Gasteiger partial charge >= 0.3 is 5.37 Å². The Kier molecular flexibility index (Phi) is 2.63. The van der Waals surface area contributed by atoms with Crippen LogP contribution in [0.15, 0.2) is 0 Å². The van der Waals surface area contributed by atoms with Crippen LogP contribution in [0.2, 0.25) is 0 Å². The van der Waals surface area contributed by atoms with Crippen molar-refractivity contribution in [2.24, 2.45) is 0 Å². The van der Waals surface area contributed by atoms with Gasteiger partial charge in [0.25, 0.3) is 0 Å². The monoisotopic (exact) mass is 211 g/mol. The predicted molar refractivity (Wildman–Crippen MR) is 46.1 cm³/mol. The number of hydrogen-bond donors (Lipinski definition) is 0. The van der Waals surface area contributed by atoms with Gasteiger partial charge in [0, 0.05) is 13.1 Å². The molecule has 1 amide bonds. The van der Waals surface area contributed by atoms with Crippen molar-refractivity contribution in [3.63, 3.8) is 0 Å². The van der Waals surface area contributed by atoms with Gasteiger partial charge in [-0.05, 0) is 18.5 Å². The Morgan fingerprint density at radius 1 is 1.58 bits per heavy atom. The van der Waals surface area contributed by atoms with E-state index in [-0.39, 0.29) is 18.8 Å². The SMILES string of the molecule is C[C@H]1CN(C(=O)Cl)CCS1(=O)=O. The van der Waals surface area contributed by atoms with Crippen LogP contribution in [0.4, 0.5) is 4.79 Å². The van der Waals surface area contributed by atoms with E-state index >= 15 is 0 Å². The molecule has 1 rings (SSSR count). The summed E-state index contributed by atoms with van der Waals surface area (Å²) in [5.74, 6) is 0.0205. The first kappa shape index (κ1) is 9.80. The van der Waals surface area contributed by atoms with Crippen molar-refractivity contribution in [2.45, 2.75) is 12.2 Å². The van der Waals surface area contributed by atoms with Crippen LogP contribution in [0.5, 0.6) is 0 Å². The standard InChI is InChI=1S/C6H10ClNO3S/c1-5-4-8(6(7)9)2-3-12(5,10)11/h5H,2-4H2,1H3/t5-/m0/s1. The molecule has 70 valence electrons. The average Bonchev–Trinajstić information content (AvgIpc) is 1.94. The Hall–Kier alpha value is -0.290. The molecule has 1 fully saturated rings. The molecular weight excluding hydrogens is 202 g/mol. The number of rotatable bonds is 0. The van der Waals surface area contributed by atoms with Crippen molar-refractivity contribution in [3.05, 3.63) is 0 Å². The zero-order chi connectivity index (χ0) is 9.35. The third kappa shape index (κ3) is 1.90. The molecule has 1 heterocycles. The molecule has 12 heavy (non-hydrogen) atoms. The summed E-state index contributed by atoms with van der Waals surface area (Å²) in [6.45, 7) is 2.01. The second-order valence-electron chi connectivity index (χ2n) is 2.88. The lowest BCUT2D eigenvalue weighted by molar-refractivity contribution is 0.223. The summed E-state index contributed by atoms with van der Waals surface area (Å²) < 4.78 is 22.3. The Balaban J connectivity index is 2.71. The highest BCUT2D eigenvalue weighted by atomic mass is 35.5. The van der Waals surface area contributed by atoms with Crippen LogP contribution >= 0.6 is 11.6 Å². The van der Waals surface area contributed by atoms with Gasteiger partial charge < -0.3 is 4.90 Å². The van der Waals surface area contributed by atoms with Gasteiger partial charge in [0.1, 0.15) is 0 Å². The summed E-state index contributed by atoms with van der Waals surface area (Å²) in [5.41, 5.74) is 0. The molecule has 0 radical (unpaired) electrons. The van der Waals surface area contributed by atoms with Crippen LogP contribution in [0.25, 0.3) is 0 Å². The summed E-state index contributed by atoms with van der Waals surface area (Å²) in [4.78, 5) is 12.0. The maximum Gasteiger partial charge on any atom is 0.316 e. The molecule has 0 aromatic carbocycles. The molecule has 0 unspecified atom stereocenters. The van der Waals surface area contributed by atoms with Gasteiger partial charge in [-0.15, -0.1) is 0 Å². The minimum Gasteiger partial charge on any atom is -0.327 e. The number of amides is 1. The molecule has 0 bridgehead atoms. The van der Waals surface area contributed by atoms with E-state index in [4.69, 9.17) is 11.6 Å². The molecule has 1 atom stereocenters. The van der Waals surface area contributed by atoms with E-state index in [1.807, 2.05) is 0 Å². The summed E-state index contributed by atoms with van der Waals surface area (Å²) >= 11 is 5.21. The molecule has 1 aliphatic heterocycles. The topological polar surface area (TPSA) is 54.5 Å².